The maximum Gasteiger partial charge on any atom is 0.255 e. The lowest BCUT2D eigenvalue weighted by molar-refractivity contribution is 0.0858. The van der Waals surface area contributed by atoms with E-state index in [1.165, 1.54) is 0 Å². The monoisotopic (exact) mass is 386 g/mol. The van der Waals surface area contributed by atoms with E-state index in [2.05, 4.69) is 10.6 Å². The second kappa shape index (κ2) is 8.55. The van der Waals surface area contributed by atoms with Crippen LogP contribution < -0.4 is 10.6 Å². The Morgan fingerprint density at radius 3 is 2.56 bits per heavy atom. The van der Waals surface area contributed by atoms with E-state index >= 15 is 0 Å². The molecule has 2 aromatic rings. The molecule has 3 rings (SSSR count). The molecule has 142 valence electrons. The highest BCUT2D eigenvalue weighted by atomic mass is 35.5. The molecule has 1 atom stereocenters. The molecule has 1 heterocycles. The number of halogens is 1. The Hall–Kier alpha value is -2.37. The smallest absolute Gasteiger partial charge is 0.255 e. The average molecular weight is 387 g/mol. The van der Waals surface area contributed by atoms with Gasteiger partial charge in [0.1, 0.15) is 0 Å². The second-order valence-electron chi connectivity index (χ2n) is 6.82. The molecular formula is C21H23ClN2O3. The number of carbonyl (C=O) groups is 2. The molecule has 5 nitrogen and oxygen atoms in total. The molecule has 1 unspecified atom stereocenters. The summed E-state index contributed by atoms with van der Waals surface area (Å²) in [5, 5.41) is 6.20. The summed E-state index contributed by atoms with van der Waals surface area (Å²) in [7, 11) is 0. The van der Waals surface area contributed by atoms with Crippen LogP contribution in [0.15, 0.2) is 36.4 Å². The van der Waals surface area contributed by atoms with Crippen molar-refractivity contribution in [2.75, 3.05) is 18.5 Å². The third-order valence-electron chi connectivity index (χ3n) is 4.57. The van der Waals surface area contributed by atoms with Gasteiger partial charge in [-0.15, -0.1) is 0 Å². The minimum absolute atomic E-state index is 0.0760. The zero-order valence-electron chi connectivity index (χ0n) is 15.5. The standard InChI is InChI=1S/C21H23ClN2O3/c1-13-9-14(2)19(18(22)10-13)24-21(26)16-6-3-5-15(11-16)20(25)23-12-17-7-4-8-27-17/h3,5-6,9-11,17H,4,7-8,12H2,1-2H3,(H,23,25)(H,24,26). The highest BCUT2D eigenvalue weighted by molar-refractivity contribution is 6.34. The van der Waals surface area contributed by atoms with Crippen LogP contribution >= 0.6 is 11.6 Å². The van der Waals surface area contributed by atoms with Crippen LogP contribution in [-0.2, 0) is 4.74 Å². The quantitative estimate of drug-likeness (QED) is 0.812. The van der Waals surface area contributed by atoms with Crippen molar-refractivity contribution in [1.82, 2.24) is 5.32 Å². The Kier molecular flexibility index (Phi) is 6.14. The molecule has 27 heavy (non-hydrogen) atoms. The number of aryl methyl sites for hydroxylation is 2. The Morgan fingerprint density at radius 2 is 1.89 bits per heavy atom. The van der Waals surface area contributed by atoms with Gasteiger partial charge in [0.05, 0.1) is 16.8 Å². The summed E-state index contributed by atoms with van der Waals surface area (Å²) in [6, 6.07) is 10.4. The van der Waals surface area contributed by atoms with Crippen molar-refractivity contribution >= 4 is 29.1 Å². The predicted molar refractivity (Wildman–Crippen MR) is 107 cm³/mol. The van der Waals surface area contributed by atoms with Gasteiger partial charge in [-0.05, 0) is 62.1 Å². The Labute approximate surface area is 164 Å². The summed E-state index contributed by atoms with van der Waals surface area (Å²) < 4.78 is 5.51. The summed E-state index contributed by atoms with van der Waals surface area (Å²) in [5.74, 6) is -0.526. The number of rotatable bonds is 5. The molecule has 2 amide bonds. The second-order valence-corrected chi connectivity index (χ2v) is 7.23. The summed E-state index contributed by atoms with van der Waals surface area (Å²) in [5.41, 5.74) is 3.34. The van der Waals surface area contributed by atoms with Gasteiger partial charge in [0, 0.05) is 24.3 Å². The van der Waals surface area contributed by atoms with E-state index in [0.29, 0.717) is 28.4 Å². The van der Waals surface area contributed by atoms with Gasteiger partial charge < -0.3 is 15.4 Å². The number of anilines is 1. The van der Waals surface area contributed by atoms with Crippen LogP contribution in [0.4, 0.5) is 5.69 Å². The van der Waals surface area contributed by atoms with E-state index < -0.39 is 0 Å². The first kappa shape index (κ1) is 19.4. The maximum atomic E-state index is 12.6. The Balaban J connectivity index is 1.69. The molecule has 2 aromatic carbocycles. The maximum absolute atomic E-state index is 12.6. The summed E-state index contributed by atoms with van der Waals surface area (Å²) in [6.07, 6.45) is 2.06. The van der Waals surface area contributed by atoms with Crippen LogP contribution in [0.1, 0.15) is 44.7 Å². The summed E-state index contributed by atoms with van der Waals surface area (Å²) in [6.45, 7) is 5.07. The molecule has 1 saturated heterocycles. The van der Waals surface area contributed by atoms with Crippen molar-refractivity contribution in [3.05, 3.63) is 63.7 Å². The number of nitrogens with one attached hydrogen (secondary N) is 2. The van der Waals surface area contributed by atoms with E-state index in [1.54, 1.807) is 30.3 Å². The molecule has 0 aromatic heterocycles. The molecule has 0 aliphatic carbocycles. The number of benzene rings is 2. The van der Waals surface area contributed by atoms with Crippen molar-refractivity contribution in [3.8, 4) is 0 Å². The van der Waals surface area contributed by atoms with Crippen LogP contribution in [0.2, 0.25) is 5.02 Å². The summed E-state index contributed by atoms with van der Waals surface area (Å²) >= 11 is 6.26. The van der Waals surface area contributed by atoms with E-state index in [0.717, 1.165) is 30.6 Å². The Morgan fingerprint density at radius 1 is 1.15 bits per heavy atom. The largest absolute Gasteiger partial charge is 0.376 e. The topological polar surface area (TPSA) is 67.4 Å². The van der Waals surface area contributed by atoms with Crippen molar-refractivity contribution in [1.29, 1.82) is 0 Å². The first-order valence-corrected chi connectivity index (χ1v) is 9.40. The van der Waals surface area contributed by atoms with Gasteiger partial charge in [0.25, 0.3) is 11.8 Å². The molecule has 1 aliphatic heterocycles. The van der Waals surface area contributed by atoms with E-state index in [-0.39, 0.29) is 17.9 Å². The zero-order valence-corrected chi connectivity index (χ0v) is 16.2. The van der Waals surface area contributed by atoms with Crippen molar-refractivity contribution < 1.29 is 14.3 Å². The molecule has 1 fully saturated rings. The third kappa shape index (κ3) is 4.87. The van der Waals surface area contributed by atoms with Crippen LogP contribution in [-0.4, -0.2) is 31.1 Å². The molecular weight excluding hydrogens is 364 g/mol. The predicted octanol–water partition coefficient (Wildman–Crippen LogP) is 4.12. The number of amides is 2. The number of hydrogen-bond donors (Lipinski definition) is 2. The van der Waals surface area contributed by atoms with Crippen molar-refractivity contribution in [3.63, 3.8) is 0 Å². The number of ether oxygens (including phenoxy) is 1. The molecule has 0 saturated carbocycles. The molecule has 2 N–H and O–H groups in total. The minimum atomic E-state index is -0.308. The fourth-order valence-electron chi connectivity index (χ4n) is 3.18. The molecule has 1 aliphatic rings. The first-order valence-electron chi connectivity index (χ1n) is 9.02. The van der Waals surface area contributed by atoms with Gasteiger partial charge in [-0.2, -0.15) is 0 Å². The van der Waals surface area contributed by atoms with E-state index in [1.807, 2.05) is 19.9 Å². The normalized spacial score (nSPS) is 16.2. The third-order valence-corrected chi connectivity index (χ3v) is 4.87. The summed E-state index contributed by atoms with van der Waals surface area (Å²) in [4.78, 5) is 25.0. The van der Waals surface area contributed by atoms with Gasteiger partial charge in [0.2, 0.25) is 0 Å². The van der Waals surface area contributed by atoms with Gasteiger partial charge in [-0.3, -0.25) is 9.59 Å². The van der Waals surface area contributed by atoms with Crippen molar-refractivity contribution in [2.45, 2.75) is 32.8 Å². The molecule has 6 heteroatoms. The minimum Gasteiger partial charge on any atom is -0.376 e. The van der Waals surface area contributed by atoms with Crippen molar-refractivity contribution in [2.24, 2.45) is 0 Å². The lowest BCUT2D eigenvalue weighted by Gasteiger charge is -2.13. The van der Waals surface area contributed by atoms with Gasteiger partial charge in [-0.25, -0.2) is 0 Å². The molecule has 0 radical (unpaired) electrons. The van der Waals surface area contributed by atoms with Crippen LogP contribution in [0.3, 0.4) is 0 Å². The van der Waals surface area contributed by atoms with E-state index in [9.17, 15) is 9.59 Å². The lowest BCUT2D eigenvalue weighted by atomic mass is 10.1. The van der Waals surface area contributed by atoms with Crippen LogP contribution in [0, 0.1) is 13.8 Å². The number of hydrogen-bond acceptors (Lipinski definition) is 3. The zero-order chi connectivity index (χ0) is 19.4. The first-order chi connectivity index (χ1) is 12.9. The lowest BCUT2D eigenvalue weighted by Crippen LogP contribution is -2.31. The van der Waals surface area contributed by atoms with Gasteiger partial charge >= 0.3 is 0 Å². The molecule has 0 spiro atoms. The van der Waals surface area contributed by atoms with Gasteiger partial charge in [0.15, 0.2) is 0 Å². The van der Waals surface area contributed by atoms with E-state index in [4.69, 9.17) is 16.3 Å². The fraction of sp³-hybridized carbons (Fsp3) is 0.333. The highest BCUT2D eigenvalue weighted by Crippen LogP contribution is 2.27. The number of carbonyl (C=O) groups excluding carboxylic acids is 2. The van der Waals surface area contributed by atoms with Gasteiger partial charge in [-0.1, -0.05) is 23.7 Å². The van der Waals surface area contributed by atoms with Crippen LogP contribution in [0.25, 0.3) is 0 Å². The highest BCUT2D eigenvalue weighted by Gasteiger charge is 2.17. The molecule has 0 bridgehead atoms. The fourth-order valence-corrected chi connectivity index (χ4v) is 3.54. The van der Waals surface area contributed by atoms with Crippen LogP contribution in [0.5, 0.6) is 0 Å². The Bertz CT molecular complexity index is 837. The SMILES string of the molecule is Cc1cc(C)c(NC(=O)c2cccc(C(=O)NCC3CCCO3)c2)c(Cl)c1. The average Bonchev–Trinajstić information content (AvgIpc) is 3.16.